The highest BCUT2D eigenvalue weighted by Crippen LogP contribution is 2.33. The summed E-state index contributed by atoms with van der Waals surface area (Å²) in [6.07, 6.45) is 4.16. The second-order valence-corrected chi connectivity index (χ2v) is 7.42. The Kier molecular flexibility index (Phi) is 6.39. The number of ether oxygens (including phenoxy) is 3. The predicted molar refractivity (Wildman–Crippen MR) is 115 cm³/mol. The van der Waals surface area contributed by atoms with Crippen LogP contribution in [0.2, 0.25) is 0 Å². The van der Waals surface area contributed by atoms with Crippen LogP contribution in [0.15, 0.2) is 46.9 Å². The average molecular weight is 437 g/mol. The summed E-state index contributed by atoms with van der Waals surface area (Å²) in [4.78, 5) is 35.9. The summed E-state index contributed by atoms with van der Waals surface area (Å²) in [5.74, 6) is 0.0908. The van der Waals surface area contributed by atoms with Gasteiger partial charge in [0.05, 0.1) is 7.11 Å². The van der Waals surface area contributed by atoms with Crippen molar-refractivity contribution in [2.24, 2.45) is 0 Å². The molecule has 1 aliphatic rings. The number of furan rings is 1. The summed E-state index contributed by atoms with van der Waals surface area (Å²) >= 11 is 0. The van der Waals surface area contributed by atoms with Gasteiger partial charge in [0, 0.05) is 22.9 Å². The fraction of sp³-hybridized carbons (Fsp3) is 0.292. The number of nitrogens with one attached hydrogen (secondary N) is 1. The first-order valence-electron chi connectivity index (χ1n) is 10.3. The van der Waals surface area contributed by atoms with E-state index >= 15 is 0 Å². The Morgan fingerprint density at radius 1 is 0.969 bits per heavy atom. The quantitative estimate of drug-likeness (QED) is 0.566. The molecule has 1 aromatic heterocycles. The third-order valence-electron chi connectivity index (χ3n) is 5.25. The summed E-state index contributed by atoms with van der Waals surface area (Å²) in [7, 11) is 1.51. The molecule has 0 radical (unpaired) electrons. The molecular weight excluding hydrogens is 414 g/mol. The molecule has 2 aromatic carbocycles. The first-order chi connectivity index (χ1) is 15.5. The van der Waals surface area contributed by atoms with Gasteiger partial charge in [0.1, 0.15) is 22.8 Å². The molecule has 0 fully saturated rings. The molecule has 0 bridgehead atoms. The van der Waals surface area contributed by atoms with E-state index in [4.69, 9.17) is 18.6 Å². The van der Waals surface area contributed by atoms with E-state index in [9.17, 15) is 14.4 Å². The maximum atomic E-state index is 12.1. The van der Waals surface area contributed by atoms with Crippen molar-refractivity contribution in [2.75, 3.05) is 20.3 Å². The molecule has 1 heterocycles. The number of benzene rings is 2. The molecule has 0 aliphatic heterocycles. The van der Waals surface area contributed by atoms with Crippen molar-refractivity contribution in [3.63, 3.8) is 0 Å². The second-order valence-electron chi connectivity index (χ2n) is 7.42. The monoisotopic (exact) mass is 437 g/mol. The van der Waals surface area contributed by atoms with Crippen LogP contribution in [-0.2, 0) is 27.2 Å². The van der Waals surface area contributed by atoms with E-state index in [0.29, 0.717) is 11.5 Å². The number of esters is 1. The van der Waals surface area contributed by atoms with E-state index < -0.39 is 24.4 Å². The fourth-order valence-electron chi connectivity index (χ4n) is 3.64. The summed E-state index contributed by atoms with van der Waals surface area (Å²) < 4.78 is 21.3. The van der Waals surface area contributed by atoms with E-state index in [1.165, 1.54) is 24.8 Å². The van der Waals surface area contributed by atoms with Crippen LogP contribution in [0.5, 0.6) is 11.5 Å². The van der Waals surface area contributed by atoms with Crippen molar-refractivity contribution in [2.45, 2.75) is 25.7 Å². The van der Waals surface area contributed by atoms with Crippen LogP contribution in [0, 0.1) is 0 Å². The van der Waals surface area contributed by atoms with E-state index in [-0.39, 0.29) is 12.2 Å². The summed E-state index contributed by atoms with van der Waals surface area (Å²) in [5.41, 5.74) is 2.30. The number of hydrogen-bond donors (Lipinski definition) is 1. The molecule has 8 nitrogen and oxygen atoms in total. The molecular formula is C24H23NO7. The van der Waals surface area contributed by atoms with Crippen molar-refractivity contribution in [3.8, 4) is 11.5 Å². The number of fused-ring (bicyclic) bond motifs is 3. The van der Waals surface area contributed by atoms with Crippen LogP contribution >= 0.6 is 0 Å². The lowest BCUT2D eigenvalue weighted by Gasteiger charge is -2.09. The van der Waals surface area contributed by atoms with Crippen LogP contribution in [0.25, 0.3) is 11.0 Å². The third-order valence-corrected chi connectivity index (χ3v) is 5.25. The van der Waals surface area contributed by atoms with E-state index in [1.54, 1.807) is 18.2 Å². The zero-order valence-corrected chi connectivity index (χ0v) is 17.6. The topological polar surface area (TPSA) is 104 Å². The summed E-state index contributed by atoms with van der Waals surface area (Å²) in [6.45, 7) is -0.941. The Hall–Kier alpha value is -3.81. The Labute approximate surface area is 184 Å². The van der Waals surface area contributed by atoms with E-state index in [2.05, 4.69) is 5.32 Å². The number of carbonyl (C=O) groups is 3. The first-order valence-corrected chi connectivity index (χ1v) is 10.3. The highest BCUT2D eigenvalue weighted by molar-refractivity contribution is 6.05. The minimum absolute atomic E-state index is 0.283. The number of amides is 2. The molecule has 32 heavy (non-hydrogen) atoms. The predicted octanol–water partition coefficient (Wildman–Crippen LogP) is 3.20. The van der Waals surface area contributed by atoms with Crippen molar-refractivity contribution in [3.05, 3.63) is 59.4 Å². The van der Waals surface area contributed by atoms with Crippen molar-refractivity contribution in [1.29, 1.82) is 0 Å². The number of imide groups is 1. The molecule has 0 spiro atoms. The molecule has 1 N–H and O–H groups in total. The smallest absolute Gasteiger partial charge is 0.344 e. The second kappa shape index (κ2) is 9.55. The van der Waals surface area contributed by atoms with Gasteiger partial charge < -0.3 is 18.6 Å². The van der Waals surface area contributed by atoms with Gasteiger partial charge in [0.15, 0.2) is 13.2 Å². The van der Waals surface area contributed by atoms with E-state index in [1.807, 2.05) is 12.1 Å². The van der Waals surface area contributed by atoms with E-state index in [0.717, 1.165) is 42.4 Å². The summed E-state index contributed by atoms with van der Waals surface area (Å²) in [6, 6.07) is 11.7. The normalized spacial score (nSPS) is 12.7. The van der Waals surface area contributed by atoms with Crippen molar-refractivity contribution >= 4 is 28.8 Å². The fourth-order valence-corrected chi connectivity index (χ4v) is 3.64. The molecule has 166 valence electrons. The van der Waals surface area contributed by atoms with Gasteiger partial charge in [0.2, 0.25) is 0 Å². The molecule has 4 rings (SSSR count). The standard InChI is InChI=1S/C24H23NO7/c1-29-16-8-6-15(7-9-16)24(28)25-22(26)13-31-23(27)14-30-17-10-11-21-19(12-17)18-4-2-3-5-20(18)32-21/h6-12H,2-5,13-14H2,1H3,(H,25,26,28). The Balaban J connectivity index is 1.25. The van der Waals surface area contributed by atoms with Gasteiger partial charge in [-0.25, -0.2) is 4.79 Å². The summed E-state index contributed by atoms with van der Waals surface area (Å²) in [5, 5.41) is 3.16. The first kappa shape index (κ1) is 21.4. The minimum atomic E-state index is -0.731. The van der Waals surface area contributed by atoms with Crippen molar-refractivity contribution < 1.29 is 33.0 Å². The molecule has 8 heteroatoms. The number of aryl methyl sites for hydroxylation is 2. The van der Waals surface area contributed by atoms with Gasteiger partial charge in [-0.15, -0.1) is 0 Å². The molecule has 3 aromatic rings. The van der Waals surface area contributed by atoms with Gasteiger partial charge in [-0.2, -0.15) is 0 Å². The molecule has 0 saturated heterocycles. The maximum absolute atomic E-state index is 12.1. The van der Waals surface area contributed by atoms with Crippen LogP contribution < -0.4 is 14.8 Å². The number of hydrogen-bond acceptors (Lipinski definition) is 7. The molecule has 0 saturated carbocycles. The number of carbonyl (C=O) groups excluding carboxylic acids is 3. The van der Waals surface area contributed by atoms with Crippen LogP contribution in [0.4, 0.5) is 0 Å². The molecule has 0 atom stereocenters. The molecule has 0 unspecified atom stereocenters. The average Bonchev–Trinajstić information content (AvgIpc) is 3.19. The van der Waals surface area contributed by atoms with Gasteiger partial charge in [0.25, 0.3) is 11.8 Å². The highest BCUT2D eigenvalue weighted by atomic mass is 16.6. The zero-order chi connectivity index (χ0) is 22.5. The largest absolute Gasteiger partial charge is 0.497 e. The lowest BCUT2D eigenvalue weighted by molar-refractivity contribution is -0.150. The lowest BCUT2D eigenvalue weighted by atomic mass is 9.96. The molecule has 2 amide bonds. The van der Waals surface area contributed by atoms with Gasteiger partial charge >= 0.3 is 5.97 Å². The van der Waals surface area contributed by atoms with Crippen LogP contribution in [0.1, 0.15) is 34.5 Å². The highest BCUT2D eigenvalue weighted by Gasteiger charge is 2.18. The lowest BCUT2D eigenvalue weighted by Crippen LogP contribution is -2.34. The van der Waals surface area contributed by atoms with Gasteiger partial charge in [-0.1, -0.05) is 0 Å². The van der Waals surface area contributed by atoms with Gasteiger partial charge in [-0.05, 0) is 61.7 Å². The minimum Gasteiger partial charge on any atom is -0.497 e. The van der Waals surface area contributed by atoms with Crippen LogP contribution in [0.3, 0.4) is 0 Å². The molecule has 1 aliphatic carbocycles. The SMILES string of the molecule is COc1ccc(C(=O)NC(=O)COC(=O)COc2ccc3oc4c(c3c2)CCCC4)cc1. The Morgan fingerprint density at radius 2 is 1.72 bits per heavy atom. The van der Waals surface area contributed by atoms with Gasteiger partial charge in [-0.3, -0.25) is 14.9 Å². The number of methoxy groups -OCH3 is 1. The maximum Gasteiger partial charge on any atom is 0.344 e. The Morgan fingerprint density at radius 3 is 2.50 bits per heavy atom. The number of rotatable bonds is 7. The zero-order valence-electron chi connectivity index (χ0n) is 17.6. The Bertz CT molecular complexity index is 1150. The third kappa shape index (κ3) is 4.91. The van der Waals surface area contributed by atoms with Crippen molar-refractivity contribution in [1.82, 2.24) is 5.32 Å². The van der Waals surface area contributed by atoms with Crippen LogP contribution in [-0.4, -0.2) is 38.1 Å².